The van der Waals surface area contributed by atoms with E-state index >= 15 is 0 Å². The molecule has 0 spiro atoms. The lowest BCUT2D eigenvalue weighted by Crippen LogP contribution is -2.28. The molecule has 1 aliphatic carbocycles. The van der Waals surface area contributed by atoms with Gasteiger partial charge in [-0.1, -0.05) is 6.07 Å². The fourth-order valence-corrected chi connectivity index (χ4v) is 2.38. The zero-order valence-electron chi connectivity index (χ0n) is 10.8. The van der Waals surface area contributed by atoms with E-state index in [-0.39, 0.29) is 17.7 Å². The maximum atomic E-state index is 12.3. The van der Waals surface area contributed by atoms with Crippen molar-refractivity contribution in [1.29, 1.82) is 0 Å². The second kappa shape index (κ2) is 4.88. The molecule has 0 saturated heterocycles. The van der Waals surface area contributed by atoms with Crippen LogP contribution in [0.1, 0.15) is 23.8 Å². The molecule has 2 heterocycles. The second-order valence-corrected chi connectivity index (χ2v) is 4.98. The van der Waals surface area contributed by atoms with Gasteiger partial charge in [-0.2, -0.15) is 0 Å². The molecule has 98 valence electrons. The van der Waals surface area contributed by atoms with Crippen LogP contribution in [0.2, 0.25) is 0 Å². The summed E-state index contributed by atoms with van der Waals surface area (Å²) in [5, 5.41) is 0. The largest absolute Gasteiger partial charge is 0.469 e. The Bertz CT molecular complexity index is 551. The molecule has 4 heteroatoms. The SMILES string of the molecule is CN(Cc1ccccn1)C(=O)[C@H]1C[C@@H]1c1ccco1. The molecule has 0 radical (unpaired) electrons. The van der Waals surface area contributed by atoms with Crippen molar-refractivity contribution in [2.24, 2.45) is 5.92 Å². The van der Waals surface area contributed by atoms with Crippen molar-refractivity contribution >= 4 is 5.91 Å². The summed E-state index contributed by atoms with van der Waals surface area (Å²) in [4.78, 5) is 18.3. The van der Waals surface area contributed by atoms with Gasteiger partial charge >= 0.3 is 0 Å². The van der Waals surface area contributed by atoms with E-state index in [1.807, 2.05) is 37.4 Å². The first kappa shape index (κ1) is 12.0. The van der Waals surface area contributed by atoms with Gasteiger partial charge in [0.25, 0.3) is 0 Å². The van der Waals surface area contributed by atoms with Gasteiger partial charge in [0.1, 0.15) is 5.76 Å². The Labute approximate surface area is 112 Å². The maximum absolute atomic E-state index is 12.3. The Morgan fingerprint density at radius 1 is 1.42 bits per heavy atom. The number of hydrogen-bond acceptors (Lipinski definition) is 3. The summed E-state index contributed by atoms with van der Waals surface area (Å²) in [6.45, 7) is 0.557. The molecular weight excluding hydrogens is 240 g/mol. The van der Waals surface area contributed by atoms with E-state index in [1.54, 1.807) is 17.4 Å². The molecular formula is C15H16N2O2. The number of amides is 1. The van der Waals surface area contributed by atoms with Gasteiger partial charge in [0.05, 0.1) is 18.5 Å². The lowest BCUT2D eigenvalue weighted by Gasteiger charge is -2.16. The molecule has 2 aromatic rings. The molecule has 0 unspecified atom stereocenters. The Kier molecular flexibility index (Phi) is 3.07. The second-order valence-electron chi connectivity index (χ2n) is 4.98. The summed E-state index contributed by atoms with van der Waals surface area (Å²) in [5.41, 5.74) is 0.911. The fourth-order valence-electron chi connectivity index (χ4n) is 2.38. The smallest absolute Gasteiger partial charge is 0.226 e. The van der Waals surface area contributed by atoms with Gasteiger partial charge < -0.3 is 9.32 Å². The molecule has 2 aromatic heterocycles. The minimum absolute atomic E-state index is 0.0693. The number of furan rings is 1. The Balaban J connectivity index is 1.60. The lowest BCUT2D eigenvalue weighted by atomic mass is 10.2. The molecule has 1 fully saturated rings. The summed E-state index contributed by atoms with van der Waals surface area (Å²) in [5.74, 6) is 1.42. The van der Waals surface area contributed by atoms with E-state index in [1.165, 1.54) is 0 Å². The molecule has 1 amide bonds. The summed E-state index contributed by atoms with van der Waals surface area (Å²) in [6.07, 6.45) is 4.29. The van der Waals surface area contributed by atoms with E-state index in [9.17, 15) is 4.79 Å². The molecule has 19 heavy (non-hydrogen) atoms. The normalized spacial score (nSPS) is 21.1. The zero-order chi connectivity index (χ0) is 13.2. The number of carbonyl (C=O) groups excluding carboxylic acids is 1. The molecule has 0 aliphatic heterocycles. The minimum Gasteiger partial charge on any atom is -0.469 e. The van der Waals surface area contributed by atoms with E-state index < -0.39 is 0 Å². The summed E-state index contributed by atoms with van der Waals surface area (Å²) in [6, 6.07) is 9.55. The van der Waals surface area contributed by atoms with E-state index in [0.717, 1.165) is 17.9 Å². The van der Waals surface area contributed by atoms with Crippen LogP contribution < -0.4 is 0 Å². The third-order valence-electron chi connectivity index (χ3n) is 3.52. The Morgan fingerprint density at radius 3 is 3.00 bits per heavy atom. The maximum Gasteiger partial charge on any atom is 0.226 e. The van der Waals surface area contributed by atoms with Crippen LogP contribution in [-0.2, 0) is 11.3 Å². The highest BCUT2D eigenvalue weighted by atomic mass is 16.3. The van der Waals surface area contributed by atoms with Crippen LogP contribution in [-0.4, -0.2) is 22.8 Å². The van der Waals surface area contributed by atoms with Crippen LogP contribution in [0.15, 0.2) is 47.2 Å². The average molecular weight is 256 g/mol. The van der Waals surface area contributed by atoms with E-state index in [0.29, 0.717) is 6.54 Å². The number of carbonyl (C=O) groups is 1. The van der Waals surface area contributed by atoms with Crippen molar-refractivity contribution in [1.82, 2.24) is 9.88 Å². The third kappa shape index (κ3) is 2.52. The van der Waals surface area contributed by atoms with Gasteiger partial charge in [-0.15, -0.1) is 0 Å². The number of pyridine rings is 1. The van der Waals surface area contributed by atoms with Crippen molar-refractivity contribution in [2.45, 2.75) is 18.9 Å². The highest BCUT2D eigenvalue weighted by molar-refractivity contribution is 5.82. The molecule has 1 aliphatic rings. The van der Waals surface area contributed by atoms with Crippen molar-refractivity contribution in [2.75, 3.05) is 7.05 Å². The van der Waals surface area contributed by atoms with Crippen molar-refractivity contribution in [3.8, 4) is 0 Å². The highest BCUT2D eigenvalue weighted by Gasteiger charge is 2.46. The number of hydrogen-bond donors (Lipinski definition) is 0. The highest BCUT2D eigenvalue weighted by Crippen LogP contribution is 2.48. The molecule has 0 aromatic carbocycles. The van der Waals surface area contributed by atoms with E-state index in [2.05, 4.69) is 4.98 Å². The summed E-state index contributed by atoms with van der Waals surface area (Å²) < 4.78 is 5.35. The van der Waals surface area contributed by atoms with Crippen molar-refractivity contribution in [3.63, 3.8) is 0 Å². The van der Waals surface area contributed by atoms with Gasteiger partial charge in [0.15, 0.2) is 0 Å². The molecule has 3 rings (SSSR count). The lowest BCUT2D eigenvalue weighted by molar-refractivity contribution is -0.132. The quantitative estimate of drug-likeness (QED) is 0.844. The van der Waals surface area contributed by atoms with Crippen molar-refractivity contribution in [3.05, 3.63) is 54.2 Å². The predicted molar refractivity (Wildman–Crippen MR) is 70.3 cm³/mol. The van der Waals surface area contributed by atoms with Crippen LogP contribution in [0.4, 0.5) is 0 Å². The first-order valence-corrected chi connectivity index (χ1v) is 6.44. The van der Waals surface area contributed by atoms with Crippen LogP contribution in [0.5, 0.6) is 0 Å². The van der Waals surface area contributed by atoms with Gasteiger partial charge in [-0.3, -0.25) is 9.78 Å². The van der Waals surface area contributed by atoms with Gasteiger partial charge in [-0.25, -0.2) is 0 Å². The van der Waals surface area contributed by atoms with Gasteiger partial charge in [0, 0.05) is 25.1 Å². The topological polar surface area (TPSA) is 46.3 Å². The summed E-state index contributed by atoms with van der Waals surface area (Å²) >= 11 is 0. The molecule has 2 atom stereocenters. The van der Waals surface area contributed by atoms with Crippen molar-refractivity contribution < 1.29 is 9.21 Å². The van der Waals surface area contributed by atoms with Crippen LogP contribution in [0.25, 0.3) is 0 Å². The van der Waals surface area contributed by atoms with E-state index in [4.69, 9.17) is 4.42 Å². The molecule has 0 bridgehead atoms. The predicted octanol–water partition coefficient (Wildman–Crippen LogP) is 2.44. The molecule has 1 saturated carbocycles. The Morgan fingerprint density at radius 2 is 2.32 bits per heavy atom. The third-order valence-corrected chi connectivity index (χ3v) is 3.52. The number of aromatic nitrogens is 1. The monoisotopic (exact) mass is 256 g/mol. The van der Waals surface area contributed by atoms with Crippen LogP contribution in [0.3, 0.4) is 0 Å². The fraction of sp³-hybridized carbons (Fsp3) is 0.333. The van der Waals surface area contributed by atoms with Crippen LogP contribution in [0, 0.1) is 5.92 Å². The standard InChI is InChI=1S/C15H16N2O2/c1-17(10-11-5-2-3-7-16-11)15(18)13-9-12(13)14-6-4-8-19-14/h2-8,12-13H,9-10H2,1H3/t12-,13-/m0/s1. The molecule has 0 N–H and O–H groups in total. The minimum atomic E-state index is 0.0693. The zero-order valence-corrected chi connectivity index (χ0v) is 10.8. The molecule has 4 nitrogen and oxygen atoms in total. The average Bonchev–Trinajstić information content (AvgIpc) is 3.04. The number of rotatable bonds is 4. The Hall–Kier alpha value is -2.10. The summed E-state index contributed by atoms with van der Waals surface area (Å²) in [7, 11) is 1.83. The first-order chi connectivity index (χ1) is 9.25. The number of nitrogens with zero attached hydrogens (tertiary/aromatic N) is 2. The van der Waals surface area contributed by atoms with Crippen LogP contribution >= 0.6 is 0 Å². The van der Waals surface area contributed by atoms with Gasteiger partial charge in [-0.05, 0) is 30.7 Å². The first-order valence-electron chi connectivity index (χ1n) is 6.44. The van der Waals surface area contributed by atoms with Gasteiger partial charge in [0.2, 0.25) is 5.91 Å².